The molecule has 4 nitrogen and oxygen atoms in total. The van der Waals surface area contributed by atoms with E-state index in [9.17, 15) is 4.79 Å². The van der Waals surface area contributed by atoms with E-state index in [1.54, 1.807) is 13.2 Å². The molecule has 0 fully saturated rings. The minimum atomic E-state index is -0.476. The summed E-state index contributed by atoms with van der Waals surface area (Å²) in [6, 6.07) is 14.7. The van der Waals surface area contributed by atoms with Crippen molar-refractivity contribution in [1.29, 1.82) is 0 Å². The normalized spacial score (nSPS) is 13.3. The summed E-state index contributed by atoms with van der Waals surface area (Å²) in [5.74, 6) is -0.135. The fourth-order valence-corrected chi connectivity index (χ4v) is 2.62. The van der Waals surface area contributed by atoms with Gasteiger partial charge in [-0.15, -0.1) is 0 Å². The maximum atomic E-state index is 12.8. The number of benzene rings is 2. The zero-order chi connectivity index (χ0) is 17.5. The van der Waals surface area contributed by atoms with Crippen LogP contribution >= 0.6 is 11.6 Å². The highest BCUT2D eigenvalue weighted by atomic mass is 35.5. The zero-order valence-corrected chi connectivity index (χ0v) is 14.9. The minimum Gasteiger partial charge on any atom is -0.383 e. The third-order valence-corrected chi connectivity index (χ3v) is 4.11. The van der Waals surface area contributed by atoms with Crippen molar-refractivity contribution in [3.05, 3.63) is 64.7 Å². The Morgan fingerprint density at radius 3 is 2.54 bits per heavy atom. The van der Waals surface area contributed by atoms with Crippen molar-refractivity contribution < 1.29 is 9.53 Å². The van der Waals surface area contributed by atoms with Crippen LogP contribution in [-0.2, 0) is 9.53 Å². The summed E-state index contributed by atoms with van der Waals surface area (Å²) in [6.07, 6.45) is 0. The lowest BCUT2D eigenvalue weighted by molar-refractivity contribution is -0.118. The Bertz CT molecular complexity index is 676. The summed E-state index contributed by atoms with van der Waals surface area (Å²) in [4.78, 5) is 12.8. The van der Waals surface area contributed by atoms with E-state index in [-0.39, 0.29) is 11.9 Å². The number of rotatable bonds is 7. The number of carbonyl (C=O) groups excluding carboxylic acids is 1. The van der Waals surface area contributed by atoms with E-state index in [4.69, 9.17) is 16.3 Å². The van der Waals surface area contributed by atoms with Gasteiger partial charge in [0.1, 0.15) is 6.04 Å². The van der Waals surface area contributed by atoms with Crippen molar-refractivity contribution in [3.8, 4) is 0 Å². The fourth-order valence-electron chi connectivity index (χ4n) is 2.44. The lowest BCUT2D eigenvalue weighted by atomic mass is 10.0. The number of carbonyl (C=O) groups is 1. The standard InChI is InChI=1S/C19H23ClN2O2/c1-13-9-10-16(11-17(13)20)22-19(23)18(21-14(2)12-24-3)15-7-5-4-6-8-15/h4-11,14,18,21H,12H2,1-3H3,(H,22,23)/t14-,18+/m0/s1. The Hall–Kier alpha value is -1.88. The number of hydrogen-bond donors (Lipinski definition) is 2. The Balaban J connectivity index is 2.18. The van der Waals surface area contributed by atoms with Gasteiger partial charge in [-0.3, -0.25) is 10.1 Å². The van der Waals surface area contributed by atoms with E-state index in [0.717, 1.165) is 11.1 Å². The molecule has 2 rings (SSSR count). The smallest absolute Gasteiger partial charge is 0.246 e. The third-order valence-electron chi connectivity index (χ3n) is 3.70. The molecule has 5 heteroatoms. The SMILES string of the molecule is COC[C@H](C)N[C@@H](C(=O)Nc1ccc(C)c(Cl)c1)c1ccccc1. The third kappa shape index (κ3) is 5.06. The number of nitrogens with one attached hydrogen (secondary N) is 2. The molecule has 2 N–H and O–H groups in total. The molecule has 1 amide bonds. The molecule has 2 aromatic rings. The number of aryl methyl sites for hydroxylation is 1. The molecule has 0 saturated heterocycles. The van der Waals surface area contributed by atoms with E-state index in [0.29, 0.717) is 17.3 Å². The van der Waals surface area contributed by atoms with Gasteiger partial charge in [-0.05, 0) is 37.1 Å². The summed E-state index contributed by atoms with van der Waals surface area (Å²) < 4.78 is 5.16. The first-order valence-corrected chi connectivity index (χ1v) is 8.26. The lowest BCUT2D eigenvalue weighted by Crippen LogP contribution is -2.40. The molecule has 0 radical (unpaired) electrons. The second kappa shape index (κ2) is 8.83. The van der Waals surface area contributed by atoms with Crippen LogP contribution in [0.25, 0.3) is 0 Å². The number of hydrogen-bond acceptors (Lipinski definition) is 3. The summed E-state index contributed by atoms with van der Waals surface area (Å²) in [5.41, 5.74) is 2.55. The summed E-state index contributed by atoms with van der Waals surface area (Å²) >= 11 is 6.14. The van der Waals surface area contributed by atoms with Crippen molar-refractivity contribution in [2.75, 3.05) is 19.0 Å². The van der Waals surface area contributed by atoms with Gasteiger partial charge in [0.25, 0.3) is 0 Å². The molecule has 0 unspecified atom stereocenters. The van der Waals surface area contributed by atoms with Gasteiger partial charge < -0.3 is 10.1 Å². The highest BCUT2D eigenvalue weighted by Crippen LogP contribution is 2.22. The minimum absolute atomic E-state index is 0.0348. The number of methoxy groups -OCH3 is 1. The molecule has 0 aliphatic heterocycles. The molecule has 24 heavy (non-hydrogen) atoms. The van der Waals surface area contributed by atoms with Gasteiger partial charge in [0.2, 0.25) is 5.91 Å². The van der Waals surface area contributed by atoms with Crippen molar-refractivity contribution in [1.82, 2.24) is 5.32 Å². The van der Waals surface area contributed by atoms with Crippen molar-refractivity contribution >= 4 is 23.2 Å². The van der Waals surface area contributed by atoms with Gasteiger partial charge in [-0.2, -0.15) is 0 Å². The van der Waals surface area contributed by atoms with Crippen LogP contribution in [0.15, 0.2) is 48.5 Å². The molecule has 0 aliphatic carbocycles. The lowest BCUT2D eigenvalue weighted by Gasteiger charge is -2.23. The van der Waals surface area contributed by atoms with Gasteiger partial charge in [0.15, 0.2) is 0 Å². The van der Waals surface area contributed by atoms with E-state index in [2.05, 4.69) is 10.6 Å². The highest BCUT2D eigenvalue weighted by molar-refractivity contribution is 6.31. The van der Waals surface area contributed by atoms with Crippen molar-refractivity contribution in [2.45, 2.75) is 25.9 Å². The summed E-state index contributed by atoms with van der Waals surface area (Å²) in [5, 5.41) is 6.87. The largest absolute Gasteiger partial charge is 0.383 e. The van der Waals surface area contributed by atoms with Gasteiger partial charge in [0, 0.05) is 23.9 Å². The number of ether oxygens (including phenoxy) is 1. The summed E-state index contributed by atoms with van der Waals surface area (Å²) in [7, 11) is 1.64. The van der Waals surface area contributed by atoms with Crippen LogP contribution in [-0.4, -0.2) is 25.7 Å². The maximum absolute atomic E-state index is 12.8. The first-order chi connectivity index (χ1) is 11.5. The van der Waals surface area contributed by atoms with Gasteiger partial charge in [-0.1, -0.05) is 48.0 Å². The highest BCUT2D eigenvalue weighted by Gasteiger charge is 2.22. The Labute approximate surface area is 148 Å². The number of halogens is 1. The van der Waals surface area contributed by atoms with Crippen LogP contribution in [0.1, 0.15) is 24.1 Å². The first kappa shape index (κ1) is 18.5. The quantitative estimate of drug-likeness (QED) is 0.798. The van der Waals surface area contributed by atoms with Gasteiger partial charge in [0.05, 0.1) is 6.61 Å². The first-order valence-electron chi connectivity index (χ1n) is 7.88. The monoisotopic (exact) mass is 346 g/mol. The fraction of sp³-hybridized carbons (Fsp3) is 0.316. The summed E-state index contributed by atoms with van der Waals surface area (Å²) in [6.45, 7) is 4.43. The average Bonchev–Trinajstić information content (AvgIpc) is 2.57. The van der Waals surface area contributed by atoms with Gasteiger partial charge >= 0.3 is 0 Å². The molecule has 128 valence electrons. The maximum Gasteiger partial charge on any atom is 0.246 e. The molecule has 0 heterocycles. The predicted molar refractivity (Wildman–Crippen MR) is 98.5 cm³/mol. The van der Waals surface area contributed by atoms with Crippen molar-refractivity contribution in [2.24, 2.45) is 0 Å². The van der Waals surface area contributed by atoms with E-state index in [1.807, 2.05) is 56.3 Å². The Morgan fingerprint density at radius 1 is 1.21 bits per heavy atom. The topological polar surface area (TPSA) is 50.4 Å². The van der Waals surface area contributed by atoms with Crippen LogP contribution in [0.3, 0.4) is 0 Å². The molecule has 0 spiro atoms. The van der Waals surface area contributed by atoms with Crippen LogP contribution < -0.4 is 10.6 Å². The molecular formula is C19H23ClN2O2. The average molecular weight is 347 g/mol. The molecule has 0 aliphatic rings. The second-order valence-corrected chi connectivity index (χ2v) is 6.23. The van der Waals surface area contributed by atoms with E-state index in [1.165, 1.54) is 0 Å². The van der Waals surface area contributed by atoms with Crippen LogP contribution in [0.5, 0.6) is 0 Å². The number of amides is 1. The Kier molecular flexibility index (Phi) is 6.79. The molecule has 0 aromatic heterocycles. The van der Waals surface area contributed by atoms with Crippen LogP contribution in [0, 0.1) is 6.92 Å². The number of anilines is 1. The Morgan fingerprint density at radius 2 is 1.92 bits per heavy atom. The molecule has 0 saturated carbocycles. The van der Waals surface area contributed by atoms with E-state index >= 15 is 0 Å². The van der Waals surface area contributed by atoms with E-state index < -0.39 is 6.04 Å². The predicted octanol–water partition coefficient (Wildman–Crippen LogP) is 3.95. The van der Waals surface area contributed by atoms with Crippen molar-refractivity contribution in [3.63, 3.8) is 0 Å². The molecule has 0 bridgehead atoms. The molecule has 2 atom stereocenters. The second-order valence-electron chi connectivity index (χ2n) is 5.82. The zero-order valence-electron chi connectivity index (χ0n) is 14.2. The van der Waals surface area contributed by atoms with Crippen LogP contribution in [0.4, 0.5) is 5.69 Å². The van der Waals surface area contributed by atoms with Gasteiger partial charge in [-0.25, -0.2) is 0 Å². The van der Waals surface area contributed by atoms with Crippen LogP contribution in [0.2, 0.25) is 5.02 Å². The molecular weight excluding hydrogens is 324 g/mol. The molecule has 2 aromatic carbocycles.